The minimum absolute atomic E-state index is 0.0112. The van der Waals surface area contributed by atoms with Crippen LogP contribution in [0.2, 0.25) is 5.02 Å². The van der Waals surface area contributed by atoms with Crippen LogP contribution in [0.5, 0.6) is 0 Å². The Kier molecular flexibility index (Phi) is 6.11. The maximum absolute atomic E-state index is 13.4. The highest BCUT2D eigenvalue weighted by Crippen LogP contribution is 2.27. The number of anilines is 1. The number of benzene rings is 2. The second-order valence-corrected chi connectivity index (χ2v) is 10.4. The quantitative estimate of drug-likeness (QED) is 0.562. The number of hydrogen-bond donors (Lipinski definition) is 0. The van der Waals surface area contributed by atoms with Crippen LogP contribution in [0.15, 0.2) is 52.7 Å². The lowest BCUT2D eigenvalue weighted by atomic mass is 10.1. The molecule has 0 amide bonds. The van der Waals surface area contributed by atoms with E-state index in [1.54, 1.807) is 11.3 Å². The molecule has 3 aromatic rings. The van der Waals surface area contributed by atoms with Crippen molar-refractivity contribution in [1.82, 2.24) is 9.29 Å². The van der Waals surface area contributed by atoms with Gasteiger partial charge in [0.1, 0.15) is 5.82 Å². The molecule has 0 aliphatic carbocycles. The Morgan fingerprint density at radius 1 is 1.13 bits per heavy atom. The van der Waals surface area contributed by atoms with Gasteiger partial charge in [-0.1, -0.05) is 35.9 Å². The van der Waals surface area contributed by atoms with E-state index in [1.807, 2.05) is 12.1 Å². The normalized spacial score (nSPS) is 15.5. The van der Waals surface area contributed by atoms with E-state index < -0.39 is 15.8 Å². The first-order valence-electron chi connectivity index (χ1n) is 9.53. The Morgan fingerprint density at radius 2 is 1.87 bits per heavy atom. The van der Waals surface area contributed by atoms with Crippen molar-refractivity contribution in [2.45, 2.75) is 18.2 Å². The summed E-state index contributed by atoms with van der Waals surface area (Å²) in [5.74, 6) is -0.634. The highest BCUT2D eigenvalue weighted by molar-refractivity contribution is 7.89. The molecule has 2 heterocycles. The highest BCUT2D eigenvalue weighted by Gasteiger charge is 2.29. The van der Waals surface area contributed by atoms with E-state index in [1.165, 1.54) is 21.5 Å². The summed E-state index contributed by atoms with van der Waals surface area (Å²) in [5.41, 5.74) is 3.51. The molecular formula is C21H21ClFN3O2S2. The monoisotopic (exact) mass is 465 g/mol. The summed E-state index contributed by atoms with van der Waals surface area (Å²) >= 11 is 7.34. The van der Waals surface area contributed by atoms with Crippen LogP contribution in [-0.4, -0.2) is 43.9 Å². The van der Waals surface area contributed by atoms with Crippen LogP contribution >= 0.6 is 22.9 Å². The van der Waals surface area contributed by atoms with Crippen LogP contribution < -0.4 is 4.90 Å². The van der Waals surface area contributed by atoms with Crippen LogP contribution in [0.4, 0.5) is 9.52 Å². The lowest BCUT2D eigenvalue weighted by Crippen LogP contribution is -2.48. The van der Waals surface area contributed by atoms with Gasteiger partial charge in [0.2, 0.25) is 10.0 Å². The lowest BCUT2D eigenvalue weighted by molar-refractivity contribution is 0.384. The molecular weight excluding hydrogens is 445 g/mol. The number of sulfonamides is 1. The summed E-state index contributed by atoms with van der Waals surface area (Å²) in [6, 6.07) is 11.8. The molecule has 1 aliphatic heterocycles. The van der Waals surface area contributed by atoms with Crippen LogP contribution in [0.25, 0.3) is 0 Å². The Hall–Kier alpha value is -2.00. The minimum atomic E-state index is -3.71. The smallest absolute Gasteiger partial charge is 0.243 e. The van der Waals surface area contributed by atoms with Gasteiger partial charge in [0.25, 0.3) is 0 Å². The van der Waals surface area contributed by atoms with Gasteiger partial charge in [-0.3, -0.25) is 0 Å². The molecule has 158 valence electrons. The Balaban J connectivity index is 1.42. The number of rotatable bonds is 5. The largest absolute Gasteiger partial charge is 0.345 e. The predicted molar refractivity (Wildman–Crippen MR) is 118 cm³/mol. The van der Waals surface area contributed by atoms with E-state index in [0.717, 1.165) is 29.4 Å². The summed E-state index contributed by atoms with van der Waals surface area (Å²) in [7, 11) is -3.71. The fourth-order valence-electron chi connectivity index (χ4n) is 3.43. The summed E-state index contributed by atoms with van der Waals surface area (Å²) in [6.07, 6.45) is 0.781. The van der Waals surface area contributed by atoms with Crippen molar-refractivity contribution in [2.75, 3.05) is 31.1 Å². The summed E-state index contributed by atoms with van der Waals surface area (Å²) in [5, 5.41) is 2.77. The van der Waals surface area contributed by atoms with Gasteiger partial charge in [-0.2, -0.15) is 4.31 Å². The Labute approximate surface area is 184 Å². The van der Waals surface area contributed by atoms with Crippen LogP contribution in [0, 0.1) is 12.7 Å². The molecule has 30 heavy (non-hydrogen) atoms. The Morgan fingerprint density at radius 3 is 2.57 bits per heavy atom. The molecule has 9 heteroatoms. The average molecular weight is 466 g/mol. The molecule has 0 unspecified atom stereocenters. The fourth-order valence-corrected chi connectivity index (χ4v) is 6.01. The molecule has 0 spiro atoms. The van der Waals surface area contributed by atoms with E-state index in [4.69, 9.17) is 16.6 Å². The minimum Gasteiger partial charge on any atom is -0.345 e. The molecule has 1 aromatic heterocycles. The van der Waals surface area contributed by atoms with E-state index in [-0.39, 0.29) is 9.92 Å². The van der Waals surface area contributed by atoms with Crippen molar-refractivity contribution < 1.29 is 12.8 Å². The zero-order valence-corrected chi connectivity index (χ0v) is 18.8. The first kappa shape index (κ1) is 21.2. The molecule has 4 rings (SSSR count). The van der Waals surface area contributed by atoms with Gasteiger partial charge in [-0.05, 0) is 36.2 Å². The maximum Gasteiger partial charge on any atom is 0.243 e. The van der Waals surface area contributed by atoms with E-state index in [0.29, 0.717) is 26.2 Å². The Bertz CT molecular complexity index is 1160. The molecule has 0 saturated carbocycles. The molecule has 1 aliphatic rings. The van der Waals surface area contributed by atoms with Crippen molar-refractivity contribution in [1.29, 1.82) is 0 Å². The third kappa shape index (κ3) is 4.37. The van der Waals surface area contributed by atoms with Gasteiger partial charge < -0.3 is 4.90 Å². The van der Waals surface area contributed by atoms with Crippen molar-refractivity contribution in [2.24, 2.45) is 0 Å². The third-order valence-corrected chi connectivity index (χ3v) is 8.34. The first-order chi connectivity index (χ1) is 14.3. The maximum atomic E-state index is 13.4. The standard InChI is InChI=1S/C21H21ClFN3O2S2/c1-15-4-2-3-5-16(15)12-17-14-29-21(24-17)25-8-10-26(11-9-25)30(27,28)18-6-7-20(23)19(22)13-18/h2-7,13-14H,8-12H2,1H3. The number of nitrogens with zero attached hydrogens (tertiary/aromatic N) is 3. The second-order valence-electron chi connectivity index (χ2n) is 7.19. The van der Waals surface area contributed by atoms with Crippen molar-refractivity contribution in [3.05, 3.63) is 75.5 Å². The van der Waals surface area contributed by atoms with Crippen LogP contribution in [-0.2, 0) is 16.4 Å². The summed E-state index contributed by atoms with van der Waals surface area (Å²) < 4.78 is 40.5. The average Bonchev–Trinajstić information content (AvgIpc) is 3.20. The molecule has 0 atom stereocenters. The molecule has 2 aromatic carbocycles. The summed E-state index contributed by atoms with van der Waals surface area (Å²) in [6.45, 7) is 3.86. The highest BCUT2D eigenvalue weighted by atomic mass is 35.5. The summed E-state index contributed by atoms with van der Waals surface area (Å²) in [4.78, 5) is 6.87. The van der Waals surface area contributed by atoms with Crippen LogP contribution in [0.3, 0.4) is 0 Å². The van der Waals surface area contributed by atoms with Crippen molar-refractivity contribution in [3.8, 4) is 0 Å². The number of hydrogen-bond acceptors (Lipinski definition) is 5. The first-order valence-corrected chi connectivity index (χ1v) is 12.2. The second kappa shape index (κ2) is 8.63. The lowest BCUT2D eigenvalue weighted by Gasteiger charge is -2.33. The van der Waals surface area contributed by atoms with Crippen molar-refractivity contribution >= 4 is 38.1 Å². The van der Waals surface area contributed by atoms with Gasteiger partial charge in [0, 0.05) is 38.0 Å². The van der Waals surface area contributed by atoms with Crippen molar-refractivity contribution in [3.63, 3.8) is 0 Å². The zero-order valence-electron chi connectivity index (χ0n) is 16.4. The van der Waals surface area contributed by atoms with Gasteiger partial charge in [0.05, 0.1) is 15.6 Å². The third-order valence-electron chi connectivity index (χ3n) is 5.21. The van der Waals surface area contributed by atoms with Gasteiger partial charge in [-0.15, -0.1) is 11.3 Å². The number of aryl methyl sites for hydroxylation is 1. The number of thiazole rings is 1. The van der Waals surface area contributed by atoms with E-state index in [9.17, 15) is 12.8 Å². The van der Waals surface area contributed by atoms with Gasteiger partial charge in [0.15, 0.2) is 5.13 Å². The molecule has 0 N–H and O–H groups in total. The topological polar surface area (TPSA) is 53.5 Å². The van der Waals surface area contributed by atoms with Crippen LogP contribution in [0.1, 0.15) is 16.8 Å². The fraction of sp³-hybridized carbons (Fsp3) is 0.286. The molecule has 1 saturated heterocycles. The van der Waals surface area contributed by atoms with E-state index >= 15 is 0 Å². The number of aromatic nitrogens is 1. The zero-order chi connectivity index (χ0) is 21.3. The van der Waals surface area contributed by atoms with Gasteiger partial charge >= 0.3 is 0 Å². The number of halogens is 2. The number of piperazine rings is 1. The van der Waals surface area contributed by atoms with E-state index in [2.05, 4.69) is 29.3 Å². The van der Waals surface area contributed by atoms with Gasteiger partial charge in [-0.25, -0.2) is 17.8 Å². The molecule has 0 bridgehead atoms. The SMILES string of the molecule is Cc1ccccc1Cc1csc(N2CCN(S(=O)(=O)c3ccc(F)c(Cl)c3)CC2)n1. The molecule has 0 radical (unpaired) electrons. The predicted octanol–water partition coefficient (Wildman–Crippen LogP) is 4.35. The molecule has 1 fully saturated rings. The molecule has 5 nitrogen and oxygen atoms in total.